The van der Waals surface area contributed by atoms with Gasteiger partial charge in [-0.3, -0.25) is 0 Å². The zero-order chi connectivity index (χ0) is 11.4. The zero-order valence-electron chi connectivity index (χ0n) is 9.45. The Labute approximate surface area is 90.9 Å². The fourth-order valence-electron chi connectivity index (χ4n) is 1.93. The van der Waals surface area contributed by atoms with Gasteiger partial charge in [0.25, 0.3) is 0 Å². The van der Waals surface area contributed by atoms with Crippen molar-refractivity contribution in [3.05, 3.63) is 23.3 Å². The molecule has 2 N–H and O–H groups in total. The van der Waals surface area contributed by atoms with Crippen molar-refractivity contribution < 1.29 is 14.8 Å². The van der Waals surface area contributed by atoms with Crippen molar-refractivity contribution in [1.82, 2.24) is 0 Å². The van der Waals surface area contributed by atoms with Crippen molar-refractivity contribution in [2.75, 3.05) is 7.11 Å². The summed E-state index contributed by atoms with van der Waals surface area (Å²) in [5.74, 6) is 0.818. The summed E-state index contributed by atoms with van der Waals surface area (Å²) in [5.41, 5.74) is 2.62. The maximum absolute atomic E-state index is 9.23. The van der Waals surface area contributed by atoms with Gasteiger partial charge in [0.2, 0.25) is 0 Å². The fraction of sp³-hybridized carbons (Fsp3) is 0.455. The number of methoxy groups -OCH3 is 1. The van der Waals surface area contributed by atoms with Gasteiger partial charge in [0.15, 0.2) is 0 Å². The van der Waals surface area contributed by atoms with E-state index >= 15 is 0 Å². The summed E-state index contributed by atoms with van der Waals surface area (Å²) < 4.78 is 5.25. The molecule has 0 aliphatic heterocycles. The minimum Gasteiger partial charge on any atom is -0.496 e. The molecule has 0 aromatic heterocycles. The highest BCUT2D eigenvalue weighted by Crippen LogP contribution is 2.22. The van der Waals surface area contributed by atoms with Crippen LogP contribution in [0.1, 0.15) is 25.0 Å². The molecule has 0 aliphatic rings. The van der Waals surface area contributed by atoms with Crippen LogP contribution in [-0.2, 0) is 12.8 Å². The molecule has 0 saturated carbocycles. The highest BCUT2D eigenvalue weighted by molar-refractivity contribution is 6.59. The number of ether oxygens (including phenoxy) is 1. The fourth-order valence-corrected chi connectivity index (χ4v) is 1.93. The highest BCUT2D eigenvalue weighted by atomic mass is 16.5. The third-order valence-corrected chi connectivity index (χ3v) is 2.63. The second-order valence-corrected chi connectivity index (χ2v) is 3.39. The van der Waals surface area contributed by atoms with E-state index in [0.29, 0.717) is 5.46 Å². The zero-order valence-corrected chi connectivity index (χ0v) is 9.45. The normalized spacial score (nSPS) is 10.2. The Hall–Kier alpha value is -0.995. The molecule has 82 valence electrons. The van der Waals surface area contributed by atoms with Gasteiger partial charge >= 0.3 is 7.12 Å². The van der Waals surface area contributed by atoms with E-state index in [1.807, 2.05) is 13.8 Å². The first-order valence-electron chi connectivity index (χ1n) is 5.20. The first-order chi connectivity index (χ1) is 7.15. The van der Waals surface area contributed by atoms with Crippen molar-refractivity contribution in [2.24, 2.45) is 0 Å². The molecule has 0 radical (unpaired) electrons. The summed E-state index contributed by atoms with van der Waals surface area (Å²) >= 11 is 0. The van der Waals surface area contributed by atoms with Crippen LogP contribution in [0.4, 0.5) is 0 Å². The van der Waals surface area contributed by atoms with Gasteiger partial charge in [0.1, 0.15) is 5.75 Å². The first kappa shape index (κ1) is 12.1. The van der Waals surface area contributed by atoms with Crippen LogP contribution in [0.3, 0.4) is 0 Å². The Kier molecular flexibility index (Phi) is 4.18. The molecule has 1 rings (SSSR count). The molecule has 0 aliphatic carbocycles. The molecule has 0 bridgehead atoms. The van der Waals surface area contributed by atoms with Crippen LogP contribution in [0, 0.1) is 0 Å². The molecule has 0 spiro atoms. The second kappa shape index (κ2) is 5.19. The van der Waals surface area contributed by atoms with Crippen LogP contribution in [-0.4, -0.2) is 24.3 Å². The lowest BCUT2D eigenvalue weighted by atomic mass is 9.74. The quantitative estimate of drug-likeness (QED) is 0.708. The van der Waals surface area contributed by atoms with Crippen molar-refractivity contribution in [3.63, 3.8) is 0 Å². The summed E-state index contributed by atoms with van der Waals surface area (Å²) in [6.07, 6.45) is 1.60. The van der Waals surface area contributed by atoms with Crippen molar-refractivity contribution >= 4 is 12.6 Å². The van der Waals surface area contributed by atoms with Crippen LogP contribution in [0.15, 0.2) is 12.1 Å². The number of rotatable bonds is 4. The third kappa shape index (κ3) is 2.33. The molecule has 1 aromatic carbocycles. The predicted octanol–water partition coefficient (Wildman–Crippen LogP) is 0.500. The van der Waals surface area contributed by atoms with Gasteiger partial charge in [0.05, 0.1) is 7.11 Å². The van der Waals surface area contributed by atoms with Gasteiger partial charge in [-0.05, 0) is 35.5 Å². The molecule has 1 aromatic rings. The van der Waals surface area contributed by atoms with Crippen LogP contribution in [0.25, 0.3) is 0 Å². The van der Waals surface area contributed by atoms with Gasteiger partial charge in [-0.1, -0.05) is 19.9 Å². The van der Waals surface area contributed by atoms with Crippen molar-refractivity contribution in [3.8, 4) is 5.75 Å². The van der Waals surface area contributed by atoms with Crippen LogP contribution in [0.5, 0.6) is 5.75 Å². The minimum absolute atomic E-state index is 0.579. The van der Waals surface area contributed by atoms with Gasteiger partial charge in [-0.15, -0.1) is 0 Å². The van der Waals surface area contributed by atoms with E-state index in [4.69, 9.17) is 4.74 Å². The molecule has 0 amide bonds. The van der Waals surface area contributed by atoms with Gasteiger partial charge in [-0.25, -0.2) is 0 Å². The average Bonchev–Trinajstić information content (AvgIpc) is 2.26. The topological polar surface area (TPSA) is 49.7 Å². The molecule has 3 nitrogen and oxygen atoms in total. The Morgan fingerprint density at radius 2 is 1.73 bits per heavy atom. The lowest BCUT2D eigenvalue weighted by Gasteiger charge is -2.15. The monoisotopic (exact) mass is 208 g/mol. The first-order valence-corrected chi connectivity index (χ1v) is 5.20. The molecular weight excluding hydrogens is 191 g/mol. The molecule has 4 heteroatoms. The Morgan fingerprint density at radius 1 is 1.13 bits per heavy atom. The van der Waals surface area contributed by atoms with Crippen molar-refractivity contribution in [2.45, 2.75) is 26.7 Å². The summed E-state index contributed by atoms with van der Waals surface area (Å²) in [6, 6.07) is 3.49. The van der Waals surface area contributed by atoms with Gasteiger partial charge < -0.3 is 14.8 Å². The van der Waals surface area contributed by atoms with E-state index < -0.39 is 7.12 Å². The molecule has 0 unspecified atom stereocenters. The Balaban J connectivity index is 3.34. The molecule has 0 atom stereocenters. The van der Waals surface area contributed by atoms with E-state index in [1.165, 1.54) is 0 Å². The van der Waals surface area contributed by atoms with E-state index in [-0.39, 0.29) is 0 Å². The number of benzene rings is 1. The average molecular weight is 208 g/mol. The highest BCUT2D eigenvalue weighted by Gasteiger charge is 2.19. The summed E-state index contributed by atoms with van der Waals surface area (Å²) in [5, 5.41) is 18.5. The van der Waals surface area contributed by atoms with Crippen LogP contribution in [0.2, 0.25) is 0 Å². The molecular formula is C11H17BO3. The summed E-state index contributed by atoms with van der Waals surface area (Å²) in [4.78, 5) is 0. The van der Waals surface area contributed by atoms with Crippen LogP contribution >= 0.6 is 0 Å². The number of hydrogen-bond donors (Lipinski definition) is 2. The van der Waals surface area contributed by atoms with E-state index in [2.05, 4.69) is 0 Å². The van der Waals surface area contributed by atoms with Gasteiger partial charge in [-0.2, -0.15) is 0 Å². The summed E-state index contributed by atoms with van der Waals surface area (Å²) in [6.45, 7) is 4.03. The minimum atomic E-state index is -1.41. The molecule has 0 saturated heterocycles. The largest absolute Gasteiger partial charge is 0.496 e. The van der Waals surface area contributed by atoms with E-state index in [0.717, 1.165) is 29.7 Å². The van der Waals surface area contributed by atoms with Crippen LogP contribution < -0.4 is 10.2 Å². The van der Waals surface area contributed by atoms with Gasteiger partial charge in [0, 0.05) is 0 Å². The maximum atomic E-state index is 9.23. The maximum Gasteiger partial charge on any atom is 0.488 e. The predicted molar refractivity (Wildman–Crippen MR) is 61.6 cm³/mol. The summed E-state index contributed by atoms with van der Waals surface area (Å²) in [7, 11) is 0.222. The van der Waals surface area contributed by atoms with E-state index in [1.54, 1.807) is 19.2 Å². The standard InChI is InChI=1S/C11H17BO3/c1-4-8-9(5-2)11(15-3)7-6-10(8)12(13)14/h6-7,13-14H,4-5H2,1-3H3. The molecule has 15 heavy (non-hydrogen) atoms. The Bertz CT molecular complexity index is 337. The molecule has 0 heterocycles. The lowest BCUT2D eigenvalue weighted by Crippen LogP contribution is -2.33. The number of hydrogen-bond acceptors (Lipinski definition) is 3. The van der Waals surface area contributed by atoms with Crippen molar-refractivity contribution in [1.29, 1.82) is 0 Å². The van der Waals surface area contributed by atoms with E-state index in [9.17, 15) is 10.0 Å². The Morgan fingerprint density at radius 3 is 2.13 bits per heavy atom. The third-order valence-electron chi connectivity index (χ3n) is 2.63. The lowest BCUT2D eigenvalue weighted by molar-refractivity contribution is 0.408. The second-order valence-electron chi connectivity index (χ2n) is 3.39. The smallest absolute Gasteiger partial charge is 0.488 e. The molecule has 0 fully saturated rings. The SMILES string of the molecule is CCc1c(OC)ccc(B(O)O)c1CC.